The maximum Gasteiger partial charge on any atom is 0.426 e. The first kappa shape index (κ1) is 38.1. The average Bonchev–Trinajstić information content (AvgIpc) is 3.06. The van der Waals surface area contributed by atoms with Gasteiger partial charge in [0.25, 0.3) is 6.17 Å². The predicted octanol–water partition coefficient (Wildman–Crippen LogP) is 9.81. The number of nitrogen functional groups attached to an aromatic ring is 1. The fourth-order valence-electron chi connectivity index (χ4n) is 5.18. The smallest absolute Gasteiger partial charge is 0.324 e. The highest BCUT2D eigenvalue weighted by molar-refractivity contribution is 7.86. The van der Waals surface area contributed by atoms with Crippen molar-refractivity contribution in [2.45, 2.75) is 93.6 Å². The van der Waals surface area contributed by atoms with Crippen LogP contribution in [0.3, 0.4) is 0 Å². The van der Waals surface area contributed by atoms with Crippen molar-refractivity contribution < 1.29 is 39.3 Å². The Balaban J connectivity index is 0.000000211. The fraction of sp³-hybridized carbons (Fsp3) is 0.455. The van der Waals surface area contributed by atoms with E-state index in [-0.39, 0.29) is 0 Å². The molecule has 1 unspecified atom stereocenters. The third-order valence-electron chi connectivity index (χ3n) is 7.62. The highest BCUT2D eigenvalue weighted by atomic mass is 32.2. The summed E-state index contributed by atoms with van der Waals surface area (Å²) in [7, 11) is -6.41. The van der Waals surface area contributed by atoms with E-state index in [0.29, 0.717) is 0 Å². The van der Waals surface area contributed by atoms with Gasteiger partial charge < -0.3 is 5.43 Å². The van der Waals surface area contributed by atoms with Crippen LogP contribution in [0.25, 0.3) is 0 Å². The molecule has 2 saturated carbocycles. The molecular weight excluding hydrogens is 618 g/mol. The maximum absolute atomic E-state index is 11.9. The third kappa shape index (κ3) is 13.4. The van der Waals surface area contributed by atoms with Gasteiger partial charge in [0.05, 0.1) is 0 Å². The number of nitrogens with two attached hydrogens (primary N) is 1. The Kier molecular flexibility index (Phi) is 15.9. The SMILES string of the molecule is NNc1ccccc1.O=S(=O)(O)C(F)(F)C(F)C(F)(F)F.c1ccc(C2CCCCC2)cc1.c1ccc(C2CCCCC2)cc1. The molecule has 2 aliphatic carbocycles. The number of hydrazine groups is 1. The van der Waals surface area contributed by atoms with Gasteiger partial charge in [0.1, 0.15) is 0 Å². The van der Waals surface area contributed by atoms with Gasteiger partial charge in [-0.1, -0.05) is 117 Å². The van der Waals surface area contributed by atoms with E-state index in [1.165, 1.54) is 64.2 Å². The quantitative estimate of drug-likeness (QED) is 0.110. The van der Waals surface area contributed by atoms with Crippen molar-refractivity contribution in [3.05, 3.63) is 102 Å². The molecule has 1 atom stereocenters. The zero-order valence-corrected chi connectivity index (χ0v) is 25.8. The van der Waals surface area contributed by atoms with Crippen molar-refractivity contribution in [2.75, 3.05) is 5.43 Å². The molecular formula is C33H42F6N2O3S. The van der Waals surface area contributed by atoms with Crippen LogP contribution in [-0.4, -0.2) is 30.6 Å². The summed E-state index contributed by atoms with van der Waals surface area (Å²) in [5, 5.41) is -5.88. The summed E-state index contributed by atoms with van der Waals surface area (Å²) in [5.74, 6) is 6.82. The number of hydrogen-bond donors (Lipinski definition) is 3. The molecule has 0 heterocycles. The monoisotopic (exact) mass is 660 g/mol. The van der Waals surface area contributed by atoms with E-state index in [4.69, 9.17) is 10.4 Å². The largest absolute Gasteiger partial charge is 0.426 e. The van der Waals surface area contributed by atoms with E-state index >= 15 is 0 Å². The highest BCUT2D eigenvalue weighted by Gasteiger charge is 2.64. The zero-order chi connectivity index (χ0) is 33.3. The van der Waals surface area contributed by atoms with E-state index in [1.54, 1.807) is 11.1 Å². The van der Waals surface area contributed by atoms with Crippen LogP contribution >= 0.6 is 0 Å². The summed E-state index contributed by atoms with van der Waals surface area (Å²) < 4.78 is 96.1. The maximum atomic E-state index is 11.9. The second kappa shape index (κ2) is 18.8. The van der Waals surface area contributed by atoms with E-state index in [1.807, 2.05) is 30.3 Å². The Hall–Kier alpha value is -3.09. The van der Waals surface area contributed by atoms with Crippen LogP contribution < -0.4 is 11.3 Å². The minimum absolute atomic E-state index is 0.861. The molecule has 0 saturated heterocycles. The van der Waals surface area contributed by atoms with Crippen LogP contribution in [0, 0.1) is 0 Å². The Morgan fingerprint density at radius 3 is 1.22 bits per heavy atom. The van der Waals surface area contributed by atoms with E-state index in [2.05, 4.69) is 66.1 Å². The van der Waals surface area contributed by atoms with Crippen LogP contribution in [0.15, 0.2) is 91.0 Å². The molecule has 3 aromatic carbocycles. The number of anilines is 1. The fourth-order valence-corrected chi connectivity index (χ4v) is 5.57. The van der Waals surface area contributed by atoms with Gasteiger partial charge in [-0.05, 0) is 60.8 Å². The minimum atomic E-state index is -6.41. The van der Waals surface area contributed by atoms with Gasteiger partial charge in [-0.15, -0.1) is 0 Å². The summed E-state index contributed by atoms with van der Waals surface area (Å²) in [6.07, 6.45) is 3.24. The molecule has 0 aliphatic heterocycles. The van der Waals surface area contributed by atoms with Gasteiger partial charge in [0.2, 0.25) is 0 Å². The first-order chi connectivity index (χ1) is 21.3. The van der Waals surface area contributed by atoms with E-state index < -0.39 is 27.7 Å². The number of benzene rings is 3. The van der Waals surface area contributed by atoms with Gasteiger partial charge in [0.15, 0.2) is 0 Å². The van der Waals surface area contributed by atoms with Crippen molar-refractivity contribution in [1.29, 1.82) is 0 Å². The van der Waals surface area contributed by atoms with E-state index in [0.717, 1.165) is 17.5 Å². The summed E-state index contributed by atoms with van der Waals surface area (Å²) in [6, 6.07) is 31.5. The summed E-state index contributed by atoms with van der Waals surface area (Å²) in [6.45, 7) is 0. The Morgan fingerprint density at radius 1 is 0.644 bits per heavy atom. The van der Waals surface area contributed by atoms with Crippen LogP contribution in [0.4, 0.5) is 32.0 Å². The first-order valence-electron chi connectivity index (χ1n) is 14.9. The number of nitrogens with one attached hydrogen (secondary N) is 1. The lowest BCUT2D eigenvalue weighted by atomic mass is 9.84. The van der Waals surface area contributed by atoms with Crippen LogP contribution in [0.5, 0.6) is 0 Å². The van der Waals surface area contributed by atoms with E-state index in [9.17, 15) is 34.8 Å². The van der Waals surface area contributed by atoms with Crippen LogP contribution in [0.1, 0.15) is 87.2 Å². The Labute approximate surface area is 262 Å². The molecule has 3 aromatic rings. The van der Waals surface area contributed by atoms with Gasteiger partial charge in [-0.3, -0.25) is 10.4 Å². The zero-order valence-electron chi connectivity index (χ0n) is 25.0. The number of rotatable bonds is 5. The number of halogens is 6. The van der Waals surface area contributed by atoms with Crippen molar-refractivity contribution in [3.63, 3.8) is 0 Å². The molecule has 0 radical (unpaired) electrons. The lowest BCUT2D eigenvalue weighted by molar-refractivity contribution is -0.223. The molecule has 5 nitrogen and oxygen atoms in total. The normalized spacial score (nSPS) is 16.8. The van der Waals surface area contributed by atoms with Gasteiger partial charge >= 0.3 is 21.5 Å². The molecule has 0 aromatic heterocycles. The van der Waals surface area contributed by atoms with Gasteiger partial charge in [-0.2, -0.15) is 30.4 Å². The molecule has 45 heavy (non-hydrogen) atoms. The molecule has 2 fully saturated rings. The number of hydrogen-bond acceptors (Lipinski definition) is 4. The molecule has 0 spiro atoms. The molecule has 5 rings (SSSR count). The summed E-state index contributed by atoms with van der Waals surface area (Å²) >= 11 is 0. The second-order valence-corrected chi connectivity index (χ2v) is 12.4. The second-order valence-electron chi connectivity index (χ2n) is 10.9. The van der Waals surface area contributed by atoms with Crippen molar-refractivity contribution in [2.24, 2.45) is 5.84 Å². The van der Waals surface area contributed by atoms with Crippen molar-refractivity contribution in [3.8, 4) is 0 Å². The number of alkyl halides is 6. The predicted molar refractivity (Wildman–Crippen MR) is 166 cm³/mol. The third-order valence-corrected chi connectivity index (χ3v) is 8.51. The molecule has 4 N–H and O–H groups in total. The van der Waals surface area contributed by atoms with Gasteiger partial charge in [-0.25, -0.2) is 4.39 Å². The Morgan fingerprint density at radius 2 is 0.978 bits per heavy atom. The highest BCUT2D eigenvalue weighted by Crippen LogP contribution is 2.38. The first-order valence-corrected chi connectivity index (χ1v) is 16.4. The van der Waals surface area contributed by atoms with Crippen molar-refractivity contribution >= 4 is 15.8 Å². The molecule has 12 heteroatoms. The van der Waals surface area contributed by atoms with Crippen molar-refractivity contribution in [1.82, 2.24) is 0 Å². The summed E-state index contributed by atoms with van der Waals surface area (Å²) in [4.78, 5) is 0. The lowest BCUT2D eigenvalue weighted by Gasteiger charge is -2.21. The molecule has 0 amide bonds. The van der Waals surface area contributed by atoms with Gasteiger partial charge in [0, 0.05) is 5.69 Å². The lowest BCUT2D eigenvalue weighted by Crippen LogP contribution is -2.46. The summed E-state index contributed by atoms with van der Waals surface area (Å²) in [5.41, 5.74) is 6.57. The van der Waals surface area contributed by atoms with Crippen LogP contribution in [0.2, 0.25) is 0 Å². The average molecular weight is 661 g/mol. The molecule has 0 bridgehead atoms. The standard InChI is InChI=1S/2C12H16.C6H8N2.C3H2F6O3S/c2*1-3-7-11(8-4-1)12-9-5-2-6-10-12;7-8-6-4-2-1-3-5-6;4-1(2(5,6)7)3(8,9)13(10,11)12/h2*1,3-4,7-8,12H,2,5-6,9-10H2;1-5,8H,7H2;1H,(H,10,11,12). The molecule has 250 valence electrons. The topological polar surface area (TPSA) is 92.4 Å². The number of para-hydroxylation sites is 1. The Bertz CT molecular complexity index is 1250. The molecule has 2 aliphatic rings. The van der Waals surface area contributed by atoms with Crippen LogP contribution in [-0.2, 0) is 10.1 Å². The minimum Gasteiger partial charge on any atom is -0.324 e.